The molecule has 1 aromatic carbocycles. The molecular formula is C27H31ClF4N6O2. The zero-order valence-corrected chi connectivity index (χ0v) is 23.4. The normalized spacial score (nSPS) is 17.6. The number of benzene rings is 1. The first kappa shape index (κ1) is 29.6. The SMILES string of the molecule is CCC(C)NC[C@@H]1Nc2nc(C(=O)NC)c(C)c3c(F)c(-c4cc(N)cc(Cl)c4CC(F)(F)F)nc(c23)OC1C. The fourth-order valence-electron chi connectivity index (χ4n) is 4.68. The summed E-state index contributed by atoms with van der Waals surface area (Å²) in [6.07, 6.45) is -5.71. The van der Waals surface area contributed by atoms with E-state index >= 15 is 4.39 Å². The van der Waals surface area contributed by atoms with E-state index in [4.69, 9.17) is 22.1 Å². The number of rotatable bonds is 7. The summed E-state index contributed by atoms with van der Waals surface area (Å²) in [7, 11) is 1.42. The molecule has 0 fully saturated rings. The minimum Gasteiger partial charge on any atom is -0.472 e. The van der Waals surface area contributed by atoms with E-state index in [1.807, 2.05) is 13.8 Å². The second-order valence-corrected chi connectivity index (χ2v) is 10.4. The Balaban J connectivity index is 2.02. The average molecular weight is 583 g/mol. The Bertz CT molecular complexity index is 1470. The van der Waals surface area contributed by atoms with Gasteiger partial charge in [0.15, 0.2) is 5.82 Å². The summed E-state index contributed by atoms with van der Waals surface area (Å²) in [6, 6.07) is 2.21. The molecule has 3 aromatic rings. The second kappa shape index (κ2) is 11.2. The largest absolute Gasteiger partial charge is 0.472 e. The molecule has 1 aliphatic rings. The number of pyridine rings is 2. The lowest BCUT2D eigenvalue weighted by Crippen LogP contribution is -2.45. The smallest absolute Gasteiger partial charge is 0.393 e. The Morgan fingerprint density at radius 2 is 1.98 bits per heavy atom. The third-order valence-corrected chi connectivity index (χ3v) is 7.41. The first-order valence-electron chi connectivity index (χ1n) is 12.8. The zero-order chi connectivity index (χ0) is 29.5. The molecule has 1 amide bonds. The maximum absolute atomic E-state index is 16.5. The molecule has 0 bridgehead atoms. The first-order chi connectivity index (χ1) is 18.7. The van der Waals surface area contributed by atoms with E-state index in [0.29, 0.717) is 6.54 Å². The highest BCUT2D eigenvalue weighted by Crippen LogP contribution is 2.43. The van der Waals surface area contributed by atoms with Crippen LogP contribution in [0.5, 0.6) is 5.88 Å². The fourth-order valence-corrected chi connectivity index (χ4v) is 4.98. The quantitative estimate of drug-likeness (QED) is 0.218. The topological polar surface area (TPSA) is 114 Å². The van der Waals surface area contributed by atoms with Crippen LogP contribution >= 0.6 is 11.6 Å². The monoisotopic (exact) mass is 582 g/mol. The Labute approximate surface area is 234 Å². The Hall–Kier alpha value is -3.38. The van der Waals surface area contributed by atoms with Gasteiger partial charge in [-0.1, -0.05) is 18.5 Å². The maximum atomic E-state index is 16.5. The summed E-state index contributed by atoms with van der Waals surface area (Å²) >= 11 is 6.19. The molecule has 0 saturated carbocycles. The van der Waals surface area contributed by atoms with Crippen molar-refractivity contribution in [2.24, 2.45) is 0 Å². The summed E-state index contributed by atoms with van der Waals surface area (Å²) in [5.41, 5.74) is 5.04. The van der Waals surface area contributed by atoms with E-state index in [9.17, 15) is 18.0 Å². The molecule has 3 heterocycles. The molecule has 13 heteroatoms. The van der Waals surface area contributed by atoms with Gasteiger partial charge in [0, 0.05) is 41.3 Å². The number of amides is 1. The first-order valence-corrected chi connectivity index (χ1v) is 13.2. The van der Waals surface area contributed by atoms with Crippen molar-refractivity contribution in [3.8, 4) is 17.1 Å². The molecule has 2 aromatic heterocycles. The predicted molar refractivity (Wildman–Crippen MR) is 147 cm³/mol. The number of alkyl halides is 3. The molecule has 0 aliphatic carbocycles. The Kier molecular flexibility index (Phi) is 8.32. The van der Waals surface area contributed by atoms with Gasteiger partial charge in [0.1, 0.15) is 23.3 Å². The van der Waals surface area contributed by atoms with E-state index in [2.05, 4.69) is 25.9 Å². The van der Waals surface area contributed by atoms with Crippen molar-refractivity contribution in [2.75, 3.05) is 24.6 Å². The second-order valence-electron chi connectivity index (χ2n) is 9.95. The van der Waals surface area contributed by atoms with Crippen LogP contribution in [0.2, 0.25) is 5.02 Å². The number of nitrogens with one attached hydrogen (secondary N) is 3. The zero-order valence-electron chi connectivity index (χ0n) is 22.7. The number of anilines is 2. The third kappa shape index (κ3) is 5.73. The predicted octanol–water partition coefficient (Wildman–Crippen LogP) is 5.39. The number of nitrogens with zero attached hydrogens (tertiary/aromatic N) is 2. The maximum Gasteiger partial charge on any atom is 0.393 e. The lowest BCUT2D eigenvalue weighted by atomic mass is 9.96. The molecule has 8 nitrogen and oxygen atoms in total. The fraction of sp³-hybridized carbons (Fsp3) is 0.444. The van der Waals surface area contributed by atoms with Gasteiger partial charge >= 0.3 is 6.18 Å². The van der Waals surface area contributed by atoms with E-state index in [0.717, 1.165) is 6.42 Å². The van der Waals surface area contributed by atoms with Gasteiger partial charge in [-0.2, -0.15) is 13.2 Å². The van der Waals surface area contributed by atoms with Crippen LogP contribution in [0.1, 0.15) is 48.8 Å². The summed E-state index contributed by atoms with van der Waals surface area (Å²) < 4.78 is 63.3. The molecule has 4 rings (SSSR count). The van der Waals surface area contributed by atoms with Crippen LogP contribution in [0, 0.1) is 12.7 Å². The van der Waals surface area contributed by atoms with E-state index in [-0.39, 0.29) is 67.6 Å². The van der Waals surface area contributed by atoms with Gasteiger partial charge in [0.25, 0.3) is 5.91 Å². The van der Waals surface area contributed by atoms with Gasteiger partial charge in [-0.3, -0.25) is 4.79 Å². The van der Waals surface area contributed by atoms with Crippen LogP contribution in [0.3, 0.4) is 0 Å². The van der Waals surface area contributed by atoms with Gasteiger partial charge in [0.05, 0.1) is 17.8 Å². The van der Waals surface area contributed by atoms with Gasteiger partial charge in [-0.15, -0.1) is 0 Å². The van der Waals surface area contributed by atoms with Crippen LogP contribution in [0.4, 0.5) is 29.1 Å². The van der Waals surface area contributed by atoms with Gasteiger partial charge in [0.2, 0.25) is 5.88 Å². The van der Waals surface area contributed by atoms with Crippen molar-refractivity contribution in [2.45, 2.75) is 64.9 Å². The van der Waals surface area contributed by atoms with Gasteiger partial charge < -0.3 is 26.4 Å². The number of halogens is 5. The van der Waals surface area contributed by atoms with E-state index < -0.39 is 36.1 Å². The van der Waals surface area contributed by atoms with Crippen molar-refractivity contribution >= 4 is 39.8 Å². The minimum atomic E-state index is -4.64. The van der Waals surface area contributed by atoms with Crippen molar-refractivity contribution in [1.29, 1.82) is 0 Å². The molecule has 0 spiro atoms. The van der Waals surface area contributed by atoms with Crippen LogP contribution in [0.15, 0.2) is 12.1 Å². The number of carbonyl (C=O) groups is 1. The summed E-state index contributed by atoms with van der Waals surface area (Å²) in [6.45, 7) is 7.82. The highest BCUT2D eigenvalue weighted by Gasteiger charge is 2.35. The molecular weight excluding hydrogens is 552 g/mol. The number of aromatic nitrogens is 2. The number of ether oxygens (including phenoxy) is 1. The average Bonchev–Trinajstić information content (AvgIpc) is 3.01. The third-order valence-electron chi connectivity index (χ3n) is 7.07. The van der Waals surface area contributed by atoms with Crippen LogP contribution < -0.4 is 26.4 Å². The molecule has 3 atom stereocenters. The number of aryl methyl sites for hydroxylation is 1. The lowest BCUT2D eigenvalue weighted by Gasteiger charge is -2.25. The summed E-state index contributed by atoms with van der Waals surface area (Å²) in [5, 5.41) is 9.01. The summed E-state index contributed by atoms with van der Waals surface area (Å²) in [4.78, 5) is 21.6. The molecule has 1 aliphatic heterocycles. The van der Waals surface area contributed by atoms with Crippen molar-refractivity contribution in [3.05, 3.63) is 39.8 Å². The van der Waals surface area contributed by atoms with Crippen LogP contribution in [0.25, 0.3) is 22.0 Å². The van der Waals surface area contributed by atoms with Crippen LogP contribution in [-0.4, -0.2) is 53.8 Å². The van der Waals surface area contributed by atoms with Crippen molar-refractivity contribution < 1.29 is 27.1 Å². The standard InChI is InChI=1S/C27H31ClF4N6O2/c1-6-11(2)35-10-18-13(4)40-26-20-19(12(3)22(25(39)34-5)37-24(20)36-18)21(29)23(38-26)15-7-14(33)8-17(28)16(15)9-27(30,31)32/h7-8,11,13,18,35H,6,9-10,33H2,1-5H3,(H,34,39)(H,36,37)/t11?,13?,18-/m0/s1. The Morgan fingerprint density at radius 3 is 2.60 bits per heavy atom. The lowest BCUT2D eigenvalue weighted by molar-refractivity contribution is -0.127. The van der Waals surface area contributed by atoms with E-state index in [1.54, 1.807) is 6.92 Å². The highest BCUT2D eigenvalue weighted by atomic mass is 35.5. The molecule has 2 unspecified atom stereocenters. The molecule has 0 radical (unpaired) electrons. The number of nitrogens with two attached hydrogens (primary N) is 1. The van der Waals surface area contributed by atoms with Crippen LogP contribution in [-0.2, 0) is 6.42 Å². The molecule has 5 N–H and O–H groups in total. The summed E-state index contributed by atoms with van der Waals surface area (Å²) in [5.74, 6) is -1.38. The highest BCUT2D eigenvalue weighted by molar-refractivity contribution is 6.32. The molecule has 40 heavy (non-hydrogen) atoms. The minimum absolute atomic E-state index is 0.0309. The molecule has 0 saturated heterocycles. The van der Waals surface area contributed by atoms with Crippen molar-refractivity contribution in [1.82, 2.24) is 20.6 Å². The number of nitrogen functional groups attached to an aromatic ring is 1. The van der Waals surface area contributed by atoms with Gasteiger partial charge in [-0.25, -0.2) is 14.4 Å². The van der Waals surface area contributed by atoms with Crippen molar-refractivity contribution in [3.63, 3.8) is 0 Å². The molecule has 216 valence electrons. The number of hydrogen-bond donors (Lipinski definition) is 4. The van der Waals surface area contributed by atoms with E-state index in [1.165, 1.54) is 26.1 Å². The Morgan fingerprint density at radius 1 is 1.27 bits per heavy atom. The number of hydrogen-bond acceptors (Lipinski definition) is 7. The number of carbonyl (C=O) groups excluding carboxylic acids is 1. The van der Waals surface area contributed by atoms with Gasteiger partial charge in [-0.05, 0) is 50.5 Å².